The first-order valence-electron chi connectivity index (χ1n) is 5.55. The van der Waals surface area contributed by atoms with Crippen LogP contribution in [0.5, 0.6) is 0 Å². The van der Waals surface area contributed by atoms with Crippen LogP contribution in [0, 0.1) is 6.92 Å². The summed E-state index contributed by atoms with van der Waals surface area (Å²) in [5, 5.41) is 20.4. The van der Waals surface area contributed by atoms with Gasteiger partial charge in [-0.2, -0.15) is 0 Å². The number of carboxylic acids is 2. The molecule has 0 fully saturated rings. The first-order valence-corrected chi connectivity index (χ1v) is 5.55. The van der Waals surface area contributed by atoms with Crippen molar-refractivity contribution in [3.05, 3.63) is 71.3 Å². The lowest BCUT2D eigenvalue weighted by Crippen LogP contribution is -2.24. The van der Waals surface area contributed by atoms with Gasteiger partial charge in [-0.25, -0.2) is 0 Å². The Hall–Kier alpha value is -2.62. The van der Waals surface area contributed by atoms with Gasteiger partial charge in [0.05, 0.1) is 11.9 Å². The number of aromatic carboxylic acids is 2. The molecule has 98 valence electrons. The maximum atomic E-state index is 10.2. The van der Waals surface area contributed by atoms with Gasteiger partial charge in [-0.15, -0.1) is 0 Å². The van der Waals surface area contributed by atoms with Crippen LogP contribution in [0.2, 0.25) is 0 Å². The van der Waals surface area contributed by atoms with Gasteiger partial charge in [-0.1, -0.05) is 60.2 Å². The summed E-state index contributed by atoms with van der Waals surface area (Å²) in [4.78, 5) is 20.4. The fraction of sp³-hybridized carbons (Fsp3) is 0.0667. The van der Waals surface area contributed by atoms with E-state index in [1.807, 2.05) is 18.2 Å². The first kappa shape index (κ1) is 14.4. The normalized spacial score (nSPS) is 9.11. The Balaban J connectivity index is 0.000000218. The Morgan fingerprint density at radius 1 is 0.737 bits per heavy atom. The highest BCUT2D eigenvalue weighted by Crippen LogP contribution is 2.01. The molecule has 0 unspecified atom stereocenters. The van der Waals surface area contributed by atoms with E-state index in [-0.39, 0.29) is 11.1 Å². The van der Waals surface area contributed by atoms with E-state index in [0.717, 1.165) is 24.3 Å². The van der Waals surface area contributed by atoms with Gasteiger partial charge in [0.25, 0.3) is 0 Å². The van der Waals surface area contributed by atoms with Gasteiger partial charge < -0.3 is 19.8 Å². The molecule has 4 nitrogen and oxygen atoms in total. The van der Waals surface area contributed by atoms with Gasteiger partial charge >= 0.3 is 0 Å². The molecule has 2 rings (SSSR count). The summed E-state index contributed by atoms with van der Waals surface area (Å²) in [6.07, 6.45) is 0. The molecule has 19 heavy (non-hydrogen) atoms. The molecule has 4 heteroatoms. The highest BCUT2D eigenvalue weighted by molar-refractivity contribution is 5.89. The fourth-order valence-corrected chi connectivity index (χ4v) is 1.28. The topological polar surface area (TPSA) is 80.3 Å². The van der Waals surface area contributed by atoms with Gasteiger partial charge in [0.2, 0.25) is 0 Å². The van der Waals surface area contributed by atoms with Crippen molar-refractivity contribution in [1.29, 1.82) is 0 Å². The van der Waals surface area contributed by atoms with Crippen molar-refractivity contribution < 1.29 is 19.8 Å². The third-order valence-electron chi connectivity index (χ3n) is 2.30. The van der Waals surface area contributed by atoms with Gasteiger partial charge in [0, 0.05) is 0 Å². The minimum absolute atomic E-state index is 0.0556. The van der Waals surface area contributed by atoms with Crippen LogP contribution in [-0.2, 0) is 0 Å². The van der Waals surface area contributed by atoms with Crippen molar-refractivity contribution in [1.82, 2.24) is 0 Å². The van der Waals surface area contributed by atoms with Gasteiger partial charge in [-0.3, -0.25) is 0 Å². The van der Waals surface area contributed by atoms with Crippen LogP contribution >= 0.6 is 0 Å². The molecule has 0 saturated heterocycles. The zero-order valence-electron chi connectivity index (χ0n) is 10.3. The summed E-state index contributed by atoms with van der Waals surface area (Å²) in [7, 11) is 0. The monoisotopic (exact) mass is 256 g/mol. The van der Waals surface area contributed by atoms with Gasteiger partial charge in [0.15, 0.2) is 0 Å². The van der Waals surface area contributed by atoms with E-state index in [1.165, 1.54) is 5.56 Å². The molecule has 0 N–H and O–H groups in total. The van der Waals surface area contributed by atoms with Crippen molar-refractivity contribution >= 4 is 11.9 Å². The standard InChI is InChI=1S/C8H6O4.C7H8/c9-7(10)5-1-2-6(4-3-5)8(11)12;1-7-5-3-2-4-6-7/h1-4H,(H,9,10)(H,11,12);2-6H,1H3/p-2. The fourth-order valence-electron chi connectivity index (χ4n) is 1.28. The number of hydrogen-bond donors (Lipinski definition) is 0. The van der Waals surface area contributed by atoms with Crippen molar-refractivity contribution in [2.45, 2.75) is 6.92 Å². The largest absolute Gasteiger partial charge is 0.545 e. The molecule has 0 radical (unpaired) electrons. The third-order valence-corrected chi connectivity index (χ3v) is 2.30. The maximum absolute atomic E-state index is 10.2. The quantitative estimate of drug-likeness (QED) is 0.779. The summed E-state index contributed by atoms with van der Waals surface area (Å²) in [5.74, 6) is -2.67. The lowest BCUT2D eigenvalue weighted by Gasteiger charge is -2.04. The lowest BCUT2D eigenvalue weighted by molar-refractivity contribution is -0.256. The molecule has 0 aromatic heterocycles. The molecule has 0 saturated carbocycles. The number of carbonyl (C=O) groups is 2. The van der Waals surface area contributed by atoms with Crippen LogP contribution in [0.1, 0.15) is 26.3 Å². The van der Waals surface area contributed by atoms with Crippen LogP contribution in [0.15, 0.2) is 54.6 Å². The second-order valence-corrected chi connectivity index (χ2v) is 3.81. The van der Waals surface area contributed by atoms with Crippen LogP contribution in [-0.4, -0.2) is 11.9 Å². The average molecular weight is 256 g/mol. The Kier molecular flexibility index (Phi) is 5.29. The molecule has 0 amide bonds. The number of rotatable bonds is 2. The number of carboxylic acid groups (broad SMARTS) is 2. The zero-order chi connectivity index (χ0) is 14.3. The van der Waals surface area contributed by atoms with Crippen LogP contribution in [0.25, 0.3) is 0 Å². The van der Waals surface area contributed by atoms with E-state index >= 15 is 0 Å². The SMILES string of the molecule is Cc1ccccc1.O=C([O-])c1ccc(C(=O)[O-])cc1. The lowest BCUT2D eigenvalue weighted by atomic mass is 10.1. The maximum Gasteiger partial charge on any atom is 0.0715 e. The van der Waals surface area contributed by atoms with Crippen molar-refractivity contribution in [3.8, 4) is 0 Å². The molecule has 0 bridgehead atoms. The number of carbonyl (C=O) groups excluding carboxylic acids is 2. The predicted octanol–water partition coefficient (Wildman–Crippen LogP) is 0.409. The molecule has 0 spiro atoms. The average Bonchev–Trinajstić information content (AvgIpc) is 2.40. The minimum atomic E-state index is -1.33. The molecule has 0 aliphatic carbocycles. The Bertz CT molecular complexity index is 511. The van der Waals surface area contributed by atoms with E-state index in [0.29, 0.717) is 0 Å². The Labute approximate surface area is 111 Å². The molecular weight excluding hydrogens is 244 g/mol. The molecule has 0 heterocycles. The summed E-state index contributed by atoms with van der Waals surface area (Å²) in [5.41, 5.74) is 1.21. The van der Waals surface area contributed by atoms with E-state index in [4.69, 9.17) is 0 Å². The molecule has 0 aliphatic rings. The first-order chi connectivity index (χ1) is 9.00. The third kappa shape index (κ3) is 5.04. The minimum Gasteiger partial charge on any atom is -0.545 e. The van der Waals surface area contributed by atoms with E-state index < -0.39 is 11.9 Å². The summed E-state index contributed by atoms with van der Waals surface area (Å²) < 4.78 is 0. The van der Waals surface area contributed by atoms with Crippen LogP contribution < -0.4 is 10.2 Å². The number of hydrogen-bond acceptors (Lipinski definition) is 4. The zero-order valence-corrected chi connectivity index (χ0v) is 10.3. The predicted molar refractivity (Wildman–Crippen MR) is 66.3 cm³/mol. The van der Waals surface area contributed by atoms with E-state index in [1.54, 1.807) is 0 Å². The van der Waals surface area contributed by atoms with Crippen molar-refractivity contribution in [2.24, 2.45) is 0 Å². The molecule has 0 aliphatic heterocycles. The molecule has 2 aromatic rings. The second-order valence-electron chi connectivity index (χ2n) is 3.81. The van der Waals surface area contributed by atoms with Crippen molar-refractivity contribution in [2.75, 3.05) is 0 Å². The van der Waals surface area contributed by atoms with Crippen LogP contribution in [0.3, 0.4) is 0 Å². The van der Waals surface area contributed by atoms with Crippen molar-refractivity contribution in [3.63, 3.8) is 0 Å². The molecule has 0 atom stereocenters. The number of benzene rings is 2. The highest BCUT2D eigenvalue weighted by Gasteiger charge is 1.94. The highest BCUT2D eigenvalue weighted by atomic mass is 16.4. The summed E-state index contributed by atoms with van der Waals surface area (Å²) in [6, 6.07) is 14.9. The summed E-state index contributed by atoms with van der Waals surface area (Å²) in [6.45, 7) is 2.08. The van der Waals surface area contributed by atoms with Gasteiger partial charge in [-0.05, 0) is 18.1 Å². The van der Waals surface area contributed by atoms with E-state index in [2.05, 4.69) is 19.1 Å². The second kappa shape index (κ2) is 6.96. The molecule has 2 aromatic carbocycles. The Morgan fingerprint density at radius 2 is 1.11 bits per heavy atom. The number of aryl methyl sites for hydroxylation is 1. The smallest absolute Gasteiger partial charge is 0.0715 e. The van der Waals surface area contributed by atoms with E-state index in [9.17, 15) is 19.8 Å². The van der Waals surface area contributed by atoms with Crippen LogP contribution in [0.4, 0.5) is 0 Å². The van der Waals surface area contributed by atoms with Gasteiger partial charge in [0.1, 0.15) is 0 Å². The Morgan fingerprint density at radius 3 is 1.32 bits per heavy atom. The molecular formula is C15H12O4-2. The summed E-state index contributed by atoms with van der Waals surface area (Å²) >= 11 is 0.